The van der Waals surface area contributed by atoms with Gasteiger partial charge >= 0.3 is 0 Å². The van der Waals surface area contributed by atoms with Gasteiger partial charge in [0, 0.05) is 12.8 Å². The molecular formula is C18H23N3O3. The summed E-state index contributed by atoms with van der Waals surface area (Å²) >= 11 is 0. The predicted molar refractivity (Wildman–Crippen MR) is 91.2 cm³/mol. The maximum Gasteiger partial charge on any atom is 0.262 e. The van der Waals surface area contributed by atoms with E-state index in [1.165, 1.54) is 5.56 Å². The molecule has 1 fully saturated rings. The zero-order valence-corrected chi connectivity index (χ0v) is 14.1. The van der Waals surface area contributed by atoms with E-state index in [9.17, 15) is 4.79 Å². The highest BCUT2D eigenvalue weighted by Crippen LogP contribution is 2.17. The van der Waals surface area contributed by atoms with Gasteiger partial charge in [-0.25, -0.2) is 0 Å². The molecule has 0 spiro atoms. The lowest BCUT2D eigenvalue weighted by Crippen LogP contribution is -2.20. The molecule has 128 valence electrons. The number of aromatic nitrogens is 2. The van der Waals surface area contributed by atoms with Crippen LogP contribution in [0.2, 0.25) is 0 Å². The number of hydrogen-bond acceptors (Lipinski definition) is 4. The lowest BCUT2D eigenvalue weighted by molar-refractivity contribution is -0.118. The molecule has 1 atom stereocenters. The van der Waals surface area contributed by atoms with Crippen molar-refractivity contribution >= 4 is 11.6 Å². The number of amides is 1. The fourth-order valence-electron chi connectivity index (χ4n) is 2.67. The fraction of sp³-hybridized carbons (Fsp3) is 0.444. The van der Waals surface area contributed by atoms with Crippen molar-refractivity contribution in [3.8, 4) is 5.75 Å². The highest BCUT2D eigenvalue weighted by Gasteiger charge is 2.16. The minimum absolute atomic E-state index is 0.0284. The molecule has 3 rings (SSSR count). The van der Waals surface area contributed by atoms with Gasteiger partial charge in [-0.3, -0.25) is 9.48 Å². The molecule has 1 unspecified atom stereocenters. The van der Waals surface area contributed by atoms with Gasteiger partial charge in [-0.15, -0.1) is 0 Å². The number of nitrogens with zero attached hydrogens (tertiary/aromatic N) is 2. The number of benzene rings is 1. The Morgan fingerprint density at radius 1 is 1.42 bits per heavy atom. The normalized spacial score (nSPS) is 17.0. The third-order valence-corrected chi connectivity index (χ3v) is 4.18. The summed E-state index contributed by atoms with van der Waals surface area (Å²) in [6, 6.07) is 5.79. The molecule has 24 heavy (non-hydrogen) atoms. The highest BCUT2D eigenvalue weighted by molar-refractivity contribution is 5.91. The first kappa shape index (κ1) is 16.5. The van der Waals surface area contributed by atoms with Gasteiger partial charge in [0.1, 0.15) is 5.75 Å². The minimum Gasteiger partial charge on any atom is -0.484 e. The van der Waals surface area contributed by atoms with E-state index in [4.69, 9.17) is 9.47 Å². The Balaban J connectivity index is 1.47. The Hall–Kier alpha value is -2.34. The van der Waals surface area contributed by atoms with E-state index < -0.39 is 0 Å². The second kappa shape index (κ2) is 7.49. The summed E-state index contributed by atoms with van der Waals surface area (Å²) in [4.78, 5) is 12.0. The second-order valence-electron chi connectivity index (χ2n) is 6.17. The van der Waals surface area contributed by atoms with Crippen LogP contribution in [0.25, 0.3) is 0 Å². The standard InChI is InChI=1S/C18H23N3O3/c1-13-5-6-16(8-14(13)2)24-12-18(22)20-15-9-19-21(10-15)11-17-4-3-7-23-17/h5-6,8-10,17H,3-4,7,11-12H2,1-2H3,(H,20,22). The van der Waals surface area contributed by atoms with Gasteiger partial charge in [-0.2, -0.15) is 5.10 Å². The fourth-order valence-corrected chi connectivity index (χ4v) is 2.67. The molecule has 1 aliphatic rings. The van der Waals surface area contributed by atoms with Gasteiger partial charge in [0.15, 0.2) is 6.61 Å². The van der Waals surface area contributed by atoms with Crippen molar-refractivity contribution < 1.29 is 14.3 Å². The van der Waals surface area contributed by atoms with Crippen LogP contribution in [0.15, 0.2) is 30.6 Å². The number of carbonyl (C=O) groups excluding carboxylic acids is 1. The zero-order chi connectivity index (χ0) is 16.9. The summed E-state index contributed by atoms with van der Waals surface area (Å²) in [6.45, 7) is 5.57. The Morgan fingerprint density at radius 3 is 3.04 bits per heavy atom. The quantitative estimate of drug-likeness (QED) is 0.885. The summed E-state index contributed by atoms with van der Waals surface area (Å²) in [7, 11) is 0. The molecule has 0 bridgehead atoms. The third kappa shape index (κ3) is 4.35. The molecule has 1 aromatic heterocycles. The molecule has 1 aliphatic heterocycles. The Bertz CT molecular complexity index is 705. The van der Waals surface area contributed by atoms with Crippen LogP contribution in [0.1, 0.15) is 24.0 Å². The third-order valence-electron chi connectivity index (χ3n) is 4.18. The Labute approximate surface area is 141 Å². The van der Waals surface area contributed by atoms with Crippen molar-refractivity contribution in [1.82, 2.24) is 9.78 Å². The van der Waals surface area contributed by atoms with Gasteiger partial charge in [0.25, 0.3) is 5.91 Å². The zero-order valence-electron chi connectivity index (χ0n) is 14.1. The number of anilines is 1. The average molecular weight is 329 g/mol. The van der Waals surface area contributed by atoms with E-state index in [0.29, 0.717) is 11.4 Å². The van der Waals surface area contributed by atoms with Crippen molar-refractivity contribution in [2.75, 3.05) is 18.5 Å². The first-order valence-electron chi connectivity index (χ1n) is 8.24. The number of rotatable bonds is 6. The molecule has 6 nitrogen and oxygen atoms in total. The molecule has 1 N–H and O–H groups in total. The number of carbonyl (C=O) groups is 1. The molecular weight excluding hydrogens is 306 g/mol. The maximum atomic E-state index is 12.0. The average Bonchev–Trinajstić information content (AvgIpc) is 3.21. The minimum atomic E-state index is -0.204. The van der Waals surface area contributed by atoms with E-state index in [2.05, 4.69) is 10.4 Å². The van der Waals surface area contributed by atoms with E-state index in [1.807, 2.05) is 38.2 Å². The number of ether oxygens (including phenoxy) is 2. The van der Waals surface area contributed by atoms with Crippen molar-refractivity contribution in [3.63, 3.8) is 0 Å². The molecule has 2 aromatic rings. The van der Waals surface area contributed by atoms with E-state index in [-0.39, 0.29) is 18.6 Å². The molecule has 2 heterocycles. The van der Waals surface area contributed by atoms with Crippen LogP contribution in [0.5, 0.6) is 5.75 Å². The van der Waals surface area contributed by atoms with Crippen LogP contribution >= 0.6 is 0 Å². The van der Waals surface area contributed by atoms with Gasteiger partial charge in [-0.05, 0) is 49.9 Å². The monoisotopic (exact) mass is 329 g/mol. The first-order chi connectivity index (χ1) is 11.6. The summed E-state index contributed by atoms with van der Waals surface area (Å²) in [5, 5.41) is 7.05. The van der Waals surface area contributed by atoms with Crippen LogP contribution in [-0.2, 0) is 16.1 Å². The Kier molecular flexibility index (Phi) is 5.15. The second-order valence-corrected chi connectivity index (χ2v) is 6.17. The van der Waals surface area contributed by atoms with Crippen molar-refractivity contribution in [3.05, 3.63) is 41.7 Å². The number of aryl methyl sites for hydroxylation is 2. The van der Waals surface area contributed by atoms with Gasteiger partial charge in [0.2, 0.25) is 0 Å². The highest BCUT2D eigenvalue weighted by atomic mass is 16.5. The maximum absolute atomic E-state index is 12.0. The summed E-state index contributed by atoms with van der Waals surface area (Å²) < 4.78 is 12.9. The van der Waals surface area contributed by atoms with Crippen LogP contribution in [-0.4, -0.2) is 35.0 Å². The van der Waals surface area contributed by atoms with Crippen LogP contribution in [0, 0.1) is 13.8 Å². The molecule has 0 saturated carbocycles. The molecule has 0 aliphatic carbocycles. The van der Waals surface area contributed by atoms with Crippen LogP contribution < -0.4 is 10.1 Å². The van der Waals surface area contributed by atoms with Crippen molar-refractivity contribution in [1.29, 1.82) is 0 Å². The van der Waals surface area contributed by atoms with Crippen molar-refractivity contribution in [2.24, 2.45) is 0 Å². The van der Waals surface area contributed by atoms with Crippen LogP contribution in [0.4, 0.5) is 5.69 Å². The van der Waals surface area contributed by atoms with Gasteiger partial charge in [0.05, 0.1) is 24.5 Å². The van der Waals surface area contributed by atoms with Gasteiger partial charge < -0.3 is 14.8 Å². The van der Waals surface area contributed by atoms with Crippen LogP contribution in [0.3, 0.4) is 0 Å². The largest absolute Gasteiger partial charge is 0.484 e. The summed E-state index contributed by atoms with van der Waals surface area (Å²) in [5.41, 5.74) is 3.01. The Morgan fingerprint density at radius 2 is 2.29 bits per heavy atom. The smallest absolute Gasteiger partial charge is 0.262 e. The summed E-state index contributed by atoms with van der Waals surface area (Å²) in [6.07, 6.45) is 5.84. The van der Waals surface area contributed by atoms with Crippen molar-refractivity contribution in [2.45, 2.75) is 39.3 Å². The molecule has 6 heteroatoms. The lowest BCUT2D eigenvalue weighted by Gasteiger charge is -2.09. The number of nitrogens with one attached hydrogen (secondary N) is 1. The van der Waals surface area contributed by atoms with E-state index >= 15 is 0 Å². The van der Waals surface area contributed by atoms with E-state index in [0.717, 1.165) is 31.6 Å². The lowest BCUT2D eigenvalue weighted by atomic mass is 10.1. The first-order valence-corrected chi connectivity index (χ1v) is 8.24. The van der Waals surface area contributed by atoms with Gasteiger partial charge in [-0.1, -0.05) is 6.07 Å². The molecule has 1 aromatic carbocycles. The van der Waals surface area contributed by atoms with E-state index in [1.54, 1.807) is 10.9 Å². The SMILES string of the molecule is Cc1ccc(OCC(=O)Nc2cnn(CC3CCCO3)c2)cc1C. The summed E-state index contributed by atoms with van der Waals surface area (Å²) in [5.74, 6) is 0.493. The molecule has 1 saturated heterocycles. The molecule has 1 amide bonds. The topological polar surface area (TPSA) is 65.4 Å². The molecule has 0 radical (unpaired) electrons. The predicted octanol–water partition coefficient (Wildman–Crippen LogP) is 2.70. The number of hydrogen-bond donors (Lipinski definition) is 1.